The molecule has 0 spiro atoms. The van der Waals surface area contributed by atoms with E-state index in [-0.39, 0.29) is 88.7 Å². The number of aliphatic hydroxyl groups is 2. The second-order valence-electron chi connectivity index (χ2n) is 4.83. The monoisotopic (exact) mass is 447 g/mol. The molecule has 0 saturated heterocycles. The molecule has 17 heteroatoms. The molecule has 0 bridgehead atoms. The molecule has 0 atom stereocenters. The average molecular weight is 447 g/mol. The Hall–Kier alpha value is -0.260. The largest absolute Gasteiger partial charge is 1.00 e. The van der Waals surface area contributed by atoms with E-state index in [2.05, 4.69) is 0 Å². The Balaban J connectivity index is -0.000000120. The van der Waals surface area contributed by atoms with Gasteiger partial charge in [0.05, 0.1) is 11.9 Å². The molecule has 0 aromatic rings. The van der Waals surface area contributed by atoms with Crippen molar-refractivity contribution in [2.75, 3.05) is 0 Å². The van der Waals surface area contributed by atoms with E-state index in [0.717, 1.165) is 0 Å². The van der Waals surface area contributed by atoms with Crippen molar-refractivity contribution in [3.05, 3.63) is 0 Å². The van der Waals surface area contributed by atoms with E-state index in [1.54, 1.807) is 0 Å². The van der Waals surface area contributed by atoms with E-state index in [1.807, 2.05) is 0 Å². The van der Waals surface area contributed by atoms with E-state index < -0.39 is 72.7 Å². The Morgan fingerprint density at radius 1 is 0.483 bits per heavy atom. The standard InChI is InChI=1S/2C6H8O7.3Na/c2*7-3(8)1-6(13,5(11)12)2-4(9)10;;;/h2*13H,1-2H2,(H,7,8)(H,9,10)(H,11,12);;;/q;;3*+1/p-6. The van der Waals surface area contributed by atoms with E-state index in [0.29, 0.717) is 0 Å². The van der Waals surface area contributed by atoms with Crippen LogP contribution in [0.15, 0.2) is 0 Å². The van der Waals surface area contributed by atoms with Crippen LogP contribution in [0.2, 0.25) is 0 Å². The minimum Gasteiger partial charge on any atom is -0.550 e. The first-order valence-electron chi connectivity index (χ1n) is 6.23. The van der Waals surface area contributed by atoms with Gasteiger partial charge in [0.2, 0.25) is 0 Å². The molecule has 0 aliphatic heterocycles. The summed E-state index contributed by atoms with van der Waals surface area (Å²) in [5, 5.41) is 77.9. The molecule has 0 amide bonds. The second kappa shape index (κ2) is 17.4. The molecular weight excluding hydrogens is 437 g/mol. The maximum atomic E-state index is 10.1. The van der Waals surface area contributed by atoms with Crippen molar-refractivity contribution in [1.82, 2.24) is 0 Å². The number of hydrogen-bond acceptors (Lipinski definition) is 14. The van der Waals surface area contributed by atoms with Crippen molar-refractivity contribution in [2.45, 2.75) is 36.9 Å². The van der Waals surface area contributed by atoms with Gasteiger partial charge in [-0.25, -0.2) is 0 Å². The van der Waals surface area contributed by atoms with Gasteiger partial charge < -0.3 is 69.6 Å². The van der Waals surface area contributed by atoms with Crippen LogP contribution in [0.1, 0.15) is 25.7 Å². The van der Waals surface area contributed by atoms with Crippen LogP contribution in [0.25, 0.3) is 0 Å². The van der Waals surface area contributed by atoms with Crippen LogP contribution in [0.4, 0.5) is 0 Å². The molecule has 29 heavy (non-hydrogen) atoms. The van der Waals surface area contributed by atoms with Crippen LogP contribution in [-0.2, 0) is 28.8 Å². The van der Waals surface area contributed by atoms with Gasteiger partial charge in [-0.2, -0.15) is 0 Å². The summed E-state index contributed by atoms with van der Waals surface area (Å²) in [6.07, 6.45) is -5.43. The molecule has 0 aromatic carbocycles. The van der Waals surface area contributed by atoms with Crippen LogP contribution in [-0.4, -0.2) is 57.2 Å². The average Bonchev–Trinajstić information content (AvgIpc) is 2.34. The van der Waals surface area contributed by atoms with Crippen LogP contribution in [0.3, 0.4) is 0 Å². The quantitative estimate of drug-likeness (QED) is 0.294. The molecule has 0 rings (SSSR count). The number of aliphatic carboxylic acids is 6. The van der Waals surface area contributed by atoms with Crippen molar-refractivity contribution in [3.63, 3.8) is 0 Å². The second-order valence-corrected chi connectivity index (χ2v) is 4.83. The topological polar surface area (TPSA) is 281 Å². The number of carbonyl (C=O) groups is 6. The predicted octanol–water partition coefficient (Wildman–Crippen LogP) is -19.5. The molecule has 0 fully saturated rings. The molecule has 0 unspecified atom stereocenters. The fourth-order valence-corrected chi connectivity index (χ4v) is 1.37. The van der Waals surface area contributed by atoms with E-state index in [9.17, 15) is 59.4 Å². The molecule has 0 aliphatic rings. The molecule has 0 aliphatic carbocycles. The summed E-state index contributed by atoms with van der Waals surface area (Å²) in [6, 6.07) is 0. The summed E-state index contributed by atoms with van der Waals surface area (Å²) in [7, 11) is 0. The third-order valence-corrected chi connectivity index (χ3v) is 2.51. The van der Waals surface area contributed by atoms with Gasteiger partial charge in [0.15, 0.2) is 0 Å². The van der Waals surface area contributed by atoms with E-state index >= 15 is 0 Å². The molecule has 0 saturated carbocycles. The van der Waals surface area contributed by atoms with Crippen molar-refractivity contribution < 1.29 is 158 Å². The fourth-order valence-electron chi connectivity index (χ4n) is 1.37. The van der Waals surface area contributed by atoms with Gasteiger partial charge in [0.1, 0.15) is 11.2 Å². The number of carboxylic acid groups (broad SMARTS) is 6. The van der Waals surface area contributed by atoms with Gasteiger partial charge >= 0.3 is 88.7 Å². The minimum absolute atomic E-state index is 0. The van der Waals surface area contributed by atoms with Gasteiger partial charge in [0.25, 0.3) is 0 Å². The van der Waals surface area contributed by atoms with Gasteiger partial charge in [-0.15, -0.1) is 0 Å². The minimum atomic E-state index is -2.97. The zero-order valence-corrected chi connectivity index (χ0v) is 21.6. The summed E-state index contributed by atoms with van der Waals surface area (Å²) in [4.78, 5) is 60.0. The van der Waals surface area contributed by atoms with Crippen molar-refractivity contribution in [3.8, 4) is 0 Å². The Kier molecular flexibility index (Phi) is 23.6. The van der Waals surface area contributed by atoms with Gasteiger partial charge in [-0.1, -0.05) is 0 Å². The summed E-state index contributed by atoms with van der Waals surface area (Å²) >= 11 is 0. The van der Waals surface area contributed by atoms with Gasteiger partial charge in [-0.3, -0.25) is 0 Å². The SMILES string of the molecule is O=C([O-])CC(O)(CC(=O)[O-])C(=O)[O-].O=C([O-])CC(O)(CC(=O)[O-])C(=O)[O-].[Na+].[Na+].[Na+]. The Labute approximate surface area is 228 Å². The third-order valence-electron chi connectivity index (χ3n) is 2.51. The van der Waals surface area contributed by atoms with Crippen LogP contribution in [0.5, 0.6) is 0 Å². The summed E-state index contributed by atoms with van der Waals surface area (Å²) in [6.45, 7) is 0. The summed E-state index contributed by atoms with van der Waals surface area (Å²) < 4.78 is 0. The number of carbonyl (C=O) groups excluding carboxylic acids is 6. The Bertz CT molecular complexity index is 521. The van der Waals surface area contributed by atoms with E-state index in [1.165, 1.54) is 0 Å². The number of hydrogen-bond donors (Lipinski definition) is 2. The van der Waals surface area contributed by atoms with Gasteiger partial charge in [0, 0.05) is 49.6 Å². The van der Waals surface area contributed by atoms with Crippen LogP contribution < -0.4 is 119 Å². The molecule has 0 radical (unpaired) electrons. The Morgan fingerprint density at radius 2 is 0.621 bits per heavy atom. The number of carboxylic acids is 6. The zero-order valence-electron chi connectivity index (χ0n) is 15.6. The maximum Gasteiger partial charge on any atom is 1.00 e. The van der Waals surface area contributed by atoms with Gasteiger partial charge in [-0.05, 0) is 0 Å². The van der Waals surface area contributed by atoms with E-state index in [4.69, 9.17) is 10.2 Å². The predicted molar refractivity (Wildman–Crippen MR) is 58.4 cm³/mol. The molecule has 0 heterocycles. The normalized spacial score (nSPS) is 9.72. The van der Waals surface area contributed by atoms with Crippen molar-refractivity contribution in [1.29, 1.82) is 0 Å². The Morgan fingerprint density at radius 3 is 0.690 bits per heavy atom. The first-order chi connectivity index (χ1) is 11.6. The molecular formula is C12H10Na3O14-3. The summed E-state index contributed by atoms with van der Waals surface area (Å²) in [5.74, 6) is -12.0. The maximum absolute atomic E-state index is 10.1. The first-order valence-corrected chi connectivity index (χ1v) is 6.23. The van der Waals surface area contributed by atoms with Crippen molar-refractivity contribution >= 4 is 35.8 Å². The third kappa shape index (κ3) is 18.2. The van der Waals surface area contributed by atoms with Crippen molar-refractivity contribution in [2.24, 2.45) is 0 Å². The van der Waals surface area contributed by atoms with Crippen LogP contribution in [0, 0.1) is 0 Å². The summed E-state index contributed by atoms with van der Waals surface area (Å²) in [5.41, 5.74) is -5.95. The molecule has 0 aromatic heterocycles. The smallest absolute Gasteiger partial charge is 0.550 e. The first kappa shape index (κ1) is 39.2. The molecule has 148 valence electrons. The molecule has 2 N–H and O–H groups in total. The van der Waals surface area contributed by atoms with Crippen LogP contribution >= 0.6 is 0 Å². The molecule has 14 nitrogen and oxygen atoms in total. The number of rotatable bonds is 10. The zero-order chi connectivity index (χ0) is 21.3. The fraction of sp³-hybridized carbons (Fsp3) is 0.500.